The van der Waals surface area contributed by atoms with Crippen LogP contribution in [0.3, 0.4) is 0 Å². The molecule has 5 heterocycles. The van der Waals surface area contributed by atoms with Crippen molar-refractivity contribution in [3.05, 3.63) is 47.7 Å². The predicted octanol–water partition coefficient (Wildman–Crippen LogP) is 6.73. The highest BCUT2D eigenvalue weighted by Crippen LogP contribution is 2.48. The minimum absolute atomic E-state index is 0.0152. The summed E-state index contributed by atoms with van der Waals surface area (Å²) in [4.78, 5) is 48.5. The number of likely N-dealkylation sites (tertiary alicyclic amines) is 1. The number of phosphoric acid groups is 1. The zero-order chi connectivity index (χ0) is 43.6. The maximum Gasteiger partial charge on any atom is 0.472 e. The maximum absolute atomic E-state index is 17.3. The number of hydrogen-bond acceptors (Lipinski definition) is 10. The lowest BCUT2D eigenvalue weighted by Gasteiger charge is -2.42. The molecule has 61 heavy (non-hydrogen) atoms. The summed E-state index contributed by atoms with van der Waals surface area (Å²) in [5, 5.41) is 0.275. The molecule has 1 amide bonds. The Balaban J connectivity index is 1.18. The van der Waals surface area contributed by atoms with Crippen molar-refractivity contribution < 1.29 is 68.3 Å². The molecule has 0 unspecified atom stereocenters. The summed E-state index contributed by atoms with van der Waals surface area (Å²) in [5.41, 5.74) is -1.60. The van der Waals surface area contributed by atoms with Crippen molar-refractivity contribution in [2.24, 2.45) is 11.3 Å². The number of aromatic nitrogens is 3. The smallest absolute Gasteiger partial charge is 0.467 e. The number of hydrogen-bond donors (Lipinski definition) is 2. The molecule has 0 radical (unpaired) electrons. The second-order valence-corrected chi connectivity index (χ2v) is 17.2. The normalized spacial score (nSPS) is 20.9. The number of piperazine rings is 1. The van der Waals surface area contributed by atoms with Crippen molar-refractivity contribution in [3.63, 3.8) is 0 Å². The summed E-state index contributed by atoms with van der Waals surface area (Å²) >= 11 is 0. The first-order chi connectivity index (χ1) is 28.7. The number of halogens is 8. The molecule has 2 aromatic heterocycles. The number of carbonyl (C=O) groups excluding carboxylic acids is 1. The number of fused-ring (bicyclic) bond motifs is 4. The third-order valence-corrected chi connectivity index (χ3v) is 12.3. The Morgan fingerprint density at radius 1 is 0.984 bits per heavy atom. The van der Waals surface area contributed by atoms with E-state index in [9.17, 15) is 35.7 Å². The molecule has 4 fully saturated rings. The monoisotopic (exact) mass is 884 g/mol. The molecule has 3 aliphatic heterocycles. The predicted molar refractivity (Wildman–Crippen MR) is 201 cm³/mol. The van der Waals surface area contributed by atoms with Gasteiger partial charge in [-0.15, -0.1) is 6.42 Å². The summed E-state index contributed by atoms with van der Waals surface area (Å²) < 4.78 is 140. The molecule has 2 atom stereocenters. The zero-order valence-corrected chi connectivity index (χ0v) is 32.9. The molecule has 1 saturated carbocycles. The first-order valence-corrected chi connectivity index (χ1v) is 20.8. The van der Waals surface area contributed by atoms with Crippen molar-refractivity contribution >= 4 is 41.2 Å². The van der Waals surface area contributed by atoms with Crippen LogP contribution in [0.2, 0.25) is 0 Å². The number of amides is 1. The first kappa shape index (κ1) is 42.8. The van der Waals surface area contributed by atoms with Crippen molar-refractivity contribution in [3.8, 4) is 35.4 Å². The summed E-state index contributed by atoms with van der Waals surface area (Å²) in [6.45, 7) is -0.179. The molecule has 4 aromatic rings. The number of piperidine rings is 1. The van der Waals surface area contributed by atoms with Crippen molar-refractivity contribution in [2.45, 2.75) is 63.0 Å². The summed E-state index contributed by atoms with van der Waals surface area (Å²) in [7, 11) is -4.96. The molecule has 3 saturated heterocycles. The van der Waals surface area contributed by atoms with Crippen LogP contribution in [0.25, 0.3) is 32.9 Å². The van der Waals surface area contributed by atoms with Gasteiger partial charge in [-0.1, -0.05) is 12.0 Å². The highest BCUT2D eigenvalue weighted by molar-refractivity contribution is 7.46. The number of ether oxygens (including phenoxy) is 2. The Labute approximate surface area is 342 Å². The molecular weight excluding hydrogens is 847 g/mol. The molecule has 326 valence electrons. The number of alkyl halides is 6. The fourth-order valence-electron chi connectivity index (χ4n) is 8.69. The Kier molecular flexibility index (Phi) is 11.1. The van der Waals surface area contributed by atoms with Crippen molar-refractivity contribution in [2.75, 3.05) is 51.0 Å². The van der Waals surface area contributed by atoms with Crippen LogP contribution in [-0.2, 0) is 13.9 Å². The van der Waals surface area contributed by atoms with E-state index in [0.717, 1.165) is 11.0 Å². The summed E-state index contributed by atoms with van der Waals surface area (Å²) in [6, 6.07) is 2.95. The lowest BCUT2D eigenvalue weighted by molar-refractivity contribution is -0.188. The molecular formula is C39H37F8N6O7P. The average Bonchev–Trinajstić information content (AvgIpc) is 3.91. The van der Waals surface area contributed by atoms with Gasteiger partial charge in [-0.2, -0.15) is 36.3 Å². The Morgan fingerprint density at radius 3 is 2.28 bits per heavy atom. The maximum atomic E-state index is 17.3. The van der Waals surface area contributed by atoms with Gasteiger partial charge in [0, 0.05) is 42.2 Å². The highest BCUT2D eigenvalue weighted by Gasteiger charge is 2.52. The third kappa shape index (κ3) is 8.78. The van der Waals surface area contributed by atoms with Crippen LogP contribution in [0.4, 0.5) is 40.9 Å². The van der Waals surface area contributed by atoms with Gasteiger partial charge in [-0.05, 0) is 75.2 Å². The summed E-state index contributed by atoms with van der Waals surface area (Å²) in [6.07, 6.45) is -0.587. The topological polar surface area (TPSA) is 151 Å². The number of rotatable bonds is 11. The third-order valence-electron chi connectivity index (χ3n) is 11.9. The lowest BCUT2D eigenvalue weighted by atomic mass is 9.95. The molecule has 2 aromatic carbocycles. The second-order valence-electron chi connectivity index (χ2n) is 15.9. The fourth-order valence-corrected chi connectivity index (χ4v) is 8.88. The first-order valence-electron chi connectivity index (χ1n) is 19.2. The Bertz CT molecular complexity index is 2450. The van der Waals surface area contributed by atoms with Gasteiger partial charge >= 0.3 is 32.1 Å². The van der Waals surface area contributed by atoms with Crippen LogP contribution >= 0.6 is 7.82 Å². The quantitative estimate of drug-likeness (QED) is 0.0712. The number of phosphoric ester groups is 1. The van der Waals surface area contributed by atoms with E-state index in [4.69, 9.17) is 25.7 Å². The lowest BCUT2D eigenvalue weighted by Crippen LogP contribution is -2.59. The SMILES string of the molecule is C#Cc1c(F)ccc2cc(OCOP(=O)(O)O)cc(-c3ncc4c(N5C[C@H]6CC[C@@H](C5)N6C(=O)C(F)(F)F)nc(OCC5(CN6CCC(C(F)(F)F)CC6)CC5)nc4c3F)c12. The van der Waals surface area contributed by atoms with Gasteiger partial charge in [0.25, 0.3) is 0 Å². The van der Waals surface area contributed by atoms with Crippen LogP contribution in [-0.4, -0.2) is 111 Å². The number of anilines is 1. The van der Waals surface area contributed by atoms with E-state index in [1.54, 1.807) is 4.90 Å². The van der Waals surface area contributed by atoms with Crippen LogP contribution in [0.5, 0.6) is 11.8 Å². The number of pyridine rings is 1. The van der Waals surface area contributed by atoms with E-state index < -0.39 is 73.6 Å². The fraction of sp³-hybridized carbons (Fsp3) is 0.487. The van der Waals surface area contributed by atoms with E-state index in [-0.39, 0.29) is 109 Å². The van der Waals surface area contributed by atoms with Gasteiger partial charge in [0.1, 0.15) is 28.6 Å². The standard InChI is InChI=1S/C39H37F8N6O7P/c1-2-26-29(40)6-3-21-13-25(59-20-60-61(55,56)57)14-27(30(21)26)32-31(41)33-28(15-48-32)34(52-16-23-4-5-24(17-52)53(23)35(54)39(45,46)47)50-36(49-33)58-19-37(9-10-37)18-51-11-7-22(8-12-51)38(42,43)44/h1,3,6,13-15,22-24H,4-5,7-12,16-20H2,(H2,55,56,57)/t23-,24+. The number of benzene rings is 2. The minimum Gasteiger partial charge on any atom is -0.467 e. The zero-order valence-electron chi connectivity index (χ0n) is 32.0. The molecule has 2 bridgehead atoms. The molecule has 8 rings (SSSR count). The van der Waals surface area contributed by atoms with Gasteiger partial charge in [0.15, 0.2) is 12.6 Å². The minimum atomic E-state index is -5.09. The largest absolute Gasteiger partial charge is 0.472 e. The van der Waals surface area contributed by atoms with E-state index in [0.29, 0.717) is 19.4 Å². The Hall–Kier alpha value is -4.87. The molecule has 1 aliphatic carbocycles. The van der Waals surface area contributed by atoms with Gasteiger partial charge in [-0.25, -0.2) is 17.9 Å². The van der Waals surface area contributed by atoms with Crippen LogP contribution in [0.15, 0.2) is 30.5 Å². The van der Waals surface area contributed by atoms with E-state index in [2.05, 4.69) is 25.4 Å². The van der Waals surface area contributed by atoms with E-state index >= 15 is 8.78 Å². The number of terminal acetylenes is 1. The van der Waals surface area contributed by atoms with Crippen LogP contribution in [0, 0.1) is 35.3 Å². The molecule has 13 nitrogen and oxygen atoms in total. The van der Waals surface area contributed by atoms with Gasteiger partial charge in [0.05, 0.1) is 35.6 Å². The summed E-state index contributed by atoms with van der Waals surface area (Å²) in [5.74, 6) is -3.02. The molecule has 0 spiro atoms. The van der Waals surface area contributed by atoms with E-state index in [1.807, 2.05) is 4.90 Å². The second kappa shape index (κ2) is 15.8. The number of nitrogens with zero attached hydrogens (tertiary/aromatic N) is 6. The molecule has 2 N–H and O–H groups in total. The van der Waals surface area contributed by atoms with Gasteiger partial charge in [-0.3, -0.25) is 9.78 Å². The van der Waals surface area contributed by atoms with Crippen molar-refractivity contribution in [1.29, 1.82) is 0 Å². The number of carbonyl (C=O) groups is 1. The Morgan fingerprint density at radius 2 is 1.67 bits per heavy atom. The van der Waals surface area contributed by atoms with Crippen LogP contribution in [0.1, 0.15) is 44.1 Å². The molecule has 4 aliphatic rings. The van der Waals surface area contributed by atoms with Gasteiger partial charge in [0.2, 0.25) is 0 Å². The highest BCUT2D eigenvalue weighted by atomic mass is 31.2. The van der Waals surface area contributed by atoms with Crippen LogP contribution < -0.4 is 14.4 Å². The average molecular weight is 885 g/mol. The van der Waals surface area contributed by atoms with E-state index in [1.165, 1.54) is 24.4 Å². The van der Waals surface area contributed by atoms with Gasteiger partial charge < -0.3 is 34.0 Å². The van der Waals surface area contributed by atoms with Crippen molar-refractivity contribution in [1.82, 2.24) is 24.8 Å². The molecule has 22 heteroatoms.